The molecule has 2 N–H and O–H groups in total. The van der Waals surface area contributed by atoms with Crippen LogP contribution in [-0.2, 0) is 9.59 Å². The lowest BCUT2D eigenvalue weighted by Gasteiger charge is -2.16. The Morgan fingerprint density at radius 3 is 2.23 bits per heavy atom. The van der Waals surface area contributed by atoms with E-state index in [0.717, 1.165) is 11.3 Å². The monoisotopic (exact) mass is 488 g/mol. The van der Waals surface area contributed by atoms with Crippen LogP contribution in [0, 0.1) is 6.92 Å². The van der Waals surface area contributed by atoms with E-state index in [9.17, 15) is 14.4 Å². The number of urea groups is 1. The number of nitrogens with one attached hydrogen (secondary N) is 2. The molecular formula is C22H21BrN2O6. The van der Waals surface area contributed by atoms with Crippen LogP contribution in [0.5, 0.6) is 17.2 Å². The number of hydrogen-bond acceptors (Lipinski definition) is 6. The van der Waals surface area contributed by atoms with Gasteiger partial charge in [0, 0.05) is 0 Å². The molecule has 1 saturated heterocycles. The average molecular weight is 489 g/mol. The Balaban J connectivity index is 1.73. The van der Waals surface area contributed by atoms with Gasteiger partial charge >= 0.3 is 6.03 Å². The first-order chi connectivity index (χ1) is 14.9. The van der Waals surface area contributed by atoms with Gasteiger partial charge in [-0.15, -0.1) is 0 Å². The quantitative estimate of drug-likeness (QED) is 0.335. The second-order valence-corrected chi connectivity index (χ2v) is 7.42. The van der Waals surface area contributed by atoms with Crippen molar-refractivity contribution in [2.24, 2.45) is 0 Å². The molecule has 1 aliphatic rings. The molecule has 1 aliphatic heterocycles. The largest absolute Gasteiger partial charge is 0.490 e. The maximum absolute atomic E-state index is 11.9. The van der Waals surface area contributed by atoms with Crippen molar-refractivity contribution >= 4 is 39.9 Å². The molecule has 1 fully saturated rings. The molecule has 4 amide bonds. The predicted octanol–water partition coefficient (Wildman–Crippen LogP) is 3.36. The summed E-state index contributed by atoms with van der Waals surface area (Å²) in [5.74, 6) is 0.131. The summed E-state index contributed by atoms with van der Waals surface area (Å²) in [4.78, 5) is 35.1. The number of ether oxygens (including phenoxy) is 3. The van der Waals surface area contributed by atoms with E-state index >= 15 is 0 Å². The minimum absolute atomic E-state index is 0.186. The number of rotatable bonds is 8. The molecule has 0 aromatic heterocycles. The van der Waals surface area contributed by atoms with E-state index in [1.165, 1.54) is 6.08 Å². The van der Waals surface area contributed by atoms with Crippen LogP contribution in [-0.4, -0.2) is 37.7 Å². The average Bonchev–Trinajstić information content (AvgIpc) is 2.71. The van der Waals surface area contributed by atoms with Gasteiger partial charge in [0.05, 0.1) is 11.1 Å². The highest BCUT2D eigenvalue weighted by Gasteiger charge is 2.28. The van der Waals surface area contributed by atoms with Crippen LogP contribution in [0.4, 0.5) is 4.79 Å². The van der Waals surface area contributed by atoms with E-state index in [1.54, 1.807) is 12.1 Å². The molecule has 0 spiro atoms. The summed E-state index contributed by atoms with van der Waals surface area (Å²) in [5, 5.41) is 4.07. The number of aryl methyl sites for hydroxylation is 1. The molecule has 9 heteroatoms. The summed E-state index contributed by atoms with van der Waals surface area (Å²) in [7, 11) is 0. The number of carbonyl (C=O) groups is 3. The zero-order valence-corrected chi connectivity index (χ0v) is 18.6. The fraction of sp³-hybridized carbons (Fsp3) is 0.227. The van der Waals surface area contributed by atoms with Crippen molar-refractivity contribution in [3.8, 4) is 17.2 Å². The molecule has 162 valence electrons. The molecular weight excluding hydrogens is 468 g/mol. The van der Waals surface area contributed by atoms with Gasteiger partial charge in [-0.2, -0.15) is 0 Å². The number of hydrogen-bond donors (Lipinski definition) is 2. The van der Waals surface area contributed by atoms with E-state index in [0.29, 0.717) is 34.7 Å². The normalized spacial score (nSPS) is 13.4. The molecule has 0 aliphatic carbocycles. The van der Waals surface area contributed by atoms with Crippen molar-refractivity contribution < 1.29 is 28.6 Å². The first-order valence-electron chi connectivity index (χ1n) is 9.54. The highest BCUT2D eigenvalue weighted by molar-refractivity contribution is 9.10. The molecule has 2 aromatic carbocycles. The third-order valence-electron chi connectivity index (χ3n) is 4.21. The van der Waals surface area contributed by atoms with Gasteiger partial charge in [-0.3, -0.25) is 20.2 Å². The Morgan fingerprint density at radius 2 is 1.58 bits per heavy atom. The maximum atomic E-state index is 11.9. The summed E-state index contributed by atoms with van der Waals surface area (Å²) < 4.78 is 17.8. The van der Waals surface area contributed by atoms with Crippen molar-refractivity contribution in [2.45, 2.75) is 13.8 Å². The lowest BCUT2D eigenvalue weighted by atomic mass is 10.1. The van der Waals surface area contributed by atoms with Crippen LogP contribution in [0.3, 0.4) is 0 Å². The van der Waals surface area contributed by atoms with Gasteiger partial charge in [-0.25, -0.2) is 4.79 Å². The van der Waals surface area contributed by atoms with Crippen molar-refractivity contribution in [3.05, 3.63) is 57.6 Å². The van der Waals surface area contributed by atoms with Crippen LogP contribution in [0.1, 0.15) is 18.1 Å². The third kappa shape index (κ3) is 5.85. The molecule has 2 aromatic rings. The Kier molecular flexibility index (Phi) is 7.30. The number of barbiturate groups is 1. The standard InChI is InChI=1S/C22H21BrN2O6/c1-3-29-18-12-14(10-16-20(26)24-22(28)25-21(16)27)11-17(23)19(18)31-9-8-30-15-6-4-13(2)5-7-15/h4-7,10-12H,3,8-9H2,1-2H3,(H2,24,25,26,27,28). The minimum atomic E-state index is -0.847. The van der Waals surface area contributed by atoms with Crippen molar-refractivity contribution in [1.82, 2.24) is 10.6 Å². The first kappa shape index (κ1) is 22.4. The van der Waals surface area contributed by atoms with Crippen LogP contribution in [0.25, 0.3) is 6.08 Å². The minimum Gasteiger partial charge on any atom is -0.490 e. The molecule has 31 heavy (non-hydrogen) atoms. The molecule has 0 bridgehead atoms. The lowest BCUT2D eigenvalue weighted by Crippen LogP contribution is -2.51. The highest BCUT2D eigenvalue weighted by Crippen LogP contribution is 2.37. The summed E-state index contributed by atoms with van der Waals surface area (Å²) in [5.41, 5.74) is 1.49. The fourth-order valence-corrected chi connectivity index (χ4v) is 3.36. The number of imide groups is 2. The topological polar surface area (TPSA) is 103 Å². The molecule has 3 rings (SSSR count). The Labute approximate surface area is 187 Å². The van der Waals surface area contributed by atoms with Gasteiger partial charge in [0.2, 0.25) is 0 Å². The second-order valence-electron chi connectivity index (χ2n) is 6.57. The zero-order chi connectivity index (χ0) is 22.4. The van der Waals surface area contributed by atoms with Crippen molar-refractivity contribution in [3.63, 3.8) is 0 Å². The maximum Gasteiger partial charge on any atom is 0.328 e. The molecule has 8 nitrogen and oxygen atoms in total. The Bertz CT molecular complexity index is 1010. The van der Waals surface area contributed by atoms with Crippen LogP contribution >= 0.6 is 15.9 Å². The fourth-order valence-electron chi connectivity index (χ4n) is 2.79. The lowest BCUT2D eigenvalue weighted by molar-refractivity contribution is -0.123. The Hall–Kier alpha value is -3.33. The molecule has 1 heterocycles. The SMILES string of the molecule is CCOc1cc(C=C2C(=O)NC(=O)NC2=O)cc(Br)c1OCCOc1ccc(C)cc1. The van der Waals surface area contributed by atoms with E-state index in [-0.39, 0.29) is 12.2 Å². The van der Waals surface area contributed by atoms with Crippen molar-refractivity contribution in [1.29, 1.82) is 0 Å². The number of amides is 4. The predicted molar refractivity (Wildman–Crippen MR) is 117 cm³/mol. The van der Waals surface area contributed by atoms with Gasteiger partial charge in [-0.05, 0) is 65.7 Å². The zero-order valence-electron chi connectivity index (χ0n) is 17.0. The van der Waals surface area contributed by atoms with E-state index in [2.05, 4.69) is 15.9 Å². The summed E-state index contributed by atoms with van der Waals surface area (Å²) in [6.07, 6.45) is 1.37. The second kappa shape index (κ2) is 10.1. The summed E-state index contributed by atoms with van der Waals surface area (Å²) >= 11 is 3.45. The van der Waals surface area contributed by atoms with Crippen LogP contribution in [0.15, 0.2) is 46.4 Å². The van der Waals surface area contributed by atoms with Crippen LogP contribution < -0.4 is 24.8 Å². The molecule has 0 saturated carbocycles. The number of benzene rings is 2. The van der Waals surface area contributed by atoms with E-state index in [4.69, 9.17) is 14.2 Å². The van der Waals surface area contributed by atoms with Gasteiger partial charge in [-0.1, -0.05) is 17.7 Å². The number of halogens is 1. The Morgan fingerprint density at radius 1 is 0.935 bits per heavy atom. The molecule has 0 radical (unpaired) electrons. The number of carbonyl (C=O) groups excluding carboxylic acids is 3. The van der Waals surface area contributed by atoms with Crippen molar-refractivity contribution in [2.75, 3.05) is 19.8 Å². The van der Waals surface area contributed by atoms with Gasteiger partial charge in [0.15, 0.2) is 11.5 Å². The summed E-state index contributed by atoms with van der Waals surface area (Å²) in [6, 6.07) is 10.2. The van der Waals surface area contributed by atoms with Crippen LogP contribution in [0.2, 0.25) is 0 Å². The van der Waals surface area contributed by atoms with Gasteiger partial charge < -0.3 is 14.2 Å². The van der Waals surface area contributed by atoms with Gasteiger partial charge in [0.1, 0.15) is 24.5 Å². The third-order valence-corrected chi connectivity index (χ3v) is 4.79. The van der Waals surface area contributed by atoms with E-state index in [1.807, 2.05) is 48.7 Å². The van der Waals surface area contributed by atoms with Gasteiger partial charge in [0.25, 0.3) is 11.8 Å². The van der Waals surface area contributed by atoms with E-state index < -0.39 is 17.8 Å². The first-order valence-corrected chi connectivity index (χ1v) is 10.3. The smallest absolute Gasteiger partial charge is 0.328 e. The molecule has 0 atom stereocenters. The highest BCUT2D eigenvalue weighted by atomic mass is 79.9. The molecule has 0 unspecified atom stereocenters. The summed E-state index contributed by atoms with van der Waals surface area (Å²) in [6.45, 7) is 4.84.